The average Bonchev–Trinajstić information content (AvgIpc) is 2.83. The van der Waals surface area contributed by atoms with Crippen LogP contribution < -0.4 is 10.2 Å². The van der Waals surface area contributed by atoms with E-state index in [0.29, 0.717) is 4.90 Å². The van der Waals surface area contributed by atoms with E-state index in [-0.39, 0.29) is 0 Å². The first-order chi connectivity index (χ1) is 11.3. The predicted octanol–water partition coefficient (Wildman–Crippen LogP) is -1.20. The number of imide groups is 1. The number of aromatic nitrogens is 3. The van der Waals surface area contributed by atoms with Gasteiger partial charge in [0.25, 0.3) is 11.8 Å². The minimum absolute atomic E-state index is 0.401. The molecule has 2 rings (SSSR count). The molecule has 24 heavy (non-hydrogen) atoms. The Labute approximate surface area is 132 Å². The van der Waals surface area contributed by atoms with Crippen LogP contribution in [0.5, 0.6) is 0 Å². The molecule has 1 aliphatic heterocycles. The molecule has 3 N–H and O–H groups in total. The van der Waals surface area contributed by atoms with Crippen LogP contribution in [-0.2, 0) is 19.2 Å². The minimum Gasteiger partial charge on any atom is -0.481 e. The largest absolute Gasteiger partial charge is 0.481 e. The van der Waals surface area contributed by atoms with Crippen LogP contribution in [0.2, 0.25) is 0 Å². The second-order valence-electron chi connectivity index (χ2n) is 4.37. The van der Waals surface area contributed by atoms with Gasteiger partial charge in [-0.1, -0.05) is 0 Å². The molecule has 124 valence electrons. The highest BCUT2D eigenvalue weighted by atomic mass is 16.4. The molecule has 1 aromatic rings. The van der Waals surface area contributed by atoms with Gasteiger partial charge in [0, 0.05) is 18.6 Å². The number of aromatic carboxylic acids is 1. The maximum Gasteiger partial charge on any atom is 0.374 e. The van der Waals surface area contributed by atoms with Crippen LogP contribution in [0.15, 0.2) is 12.2 Å². The lowest BCUT2D eigenvalue weighted by Gasteiger charge is -2.12. The van der Waals surface area contributed by atoms with Gasteiger partial charge in [-0.25, -0.2) is 9.69 Å². The Morgan fingerprint density at radius 3 is 2.17 bits per heavy atom. The van der Waals surface area contributed by atoms with Gasteiger partial charge >= 0.3 is 11.9 Å². The number of hydrogen-bond donors (Lipinski definition) is 3. The zero-order valence-corrected chi connectivity index (χ0v) is 11.8. The predicted molar refractivity (Wildman–Crippen MR) is 73.9 cm³/mol. The maximum absolute atomic E-state index is 11.6. The van der Waals surface area contributed by atoms with Crippen LogP contribution in [0.25, 0.3) is 0 Å². The Bertz CT molecular complexity index is 770. The Morgan fingerprint density at radius 1 is 1.00 bits per heavy atom. The van der Waals surface area contributed by atoms with Crippen LogP contribution in [0.1, 0.15) is 23.5 Å². The molecule has 0 bridgehead atoms. The van der Waals surface area contributed by atoms with E-state index in [1.54, 1.807) is 0 Å². The number of amides is 3. The molecule has 0 aliphatic carbocycles. The van der Waals surface area contributed by atoms with Gasteiger partial charge in [-0.2, -0.15) is 15.0 Å². The molecule has 0 radical (unpaired) electrons. The van der Waals surface area contributed by atoms with E-state index in [2.05, 4.69) is 20.3 Å². The summed E-state index contributed by atoms with van der Waals surface area (Å²) >= 11 is 0. The van der Waals surface area contributed by atoms with Gasteiger partial charge in [0.2, 0.25) is 23.6 Å². The van der Waals surface area contributed by atoms with Crippen molar-refractivity contribution in [2.45, 2.75) is 12.8 Å². The second-order valence-corrected chi connectivity index (χ2v) is 4.37. The molecule has 0 atom stereocenters. The lowest BCUT2D eigenvalue weighted by atomic mass is 10.3. The van der Waals surface area contributed by atoms with E-state index in [0.717, 1.165) is 12.2 Å². The van der Waals surface area contributed by atoms with Crippen molar-refractivity contribution in [3.8, 4) is 0 Å². The van der Waals surface area contributed by atoms with Gasteiger partial charge in [0.1, 0.15) is 0 Å². The van der Waals surface area contributed by atoms with Gasteiger partial charge in [0.05, 0.1) is 6.42 Å². The molecule has 12 nitrogen and oxygen atoms in total. The van der Waals surface area contributed by atoms with Gasteiger partial charge in [-0.05, 0) is 0 Å². The number of aliphatic carboxylic acids is 1. The van der Waals surface area contributed by atoms with Crippen LogP contribution in [0.3, 0.4) is 0 Å². The average molecular weight is 335 g/mol. The molecule has 0 aromatic carbocycles. The maximum atomic E-state index is 11.6. The quantitative estimate of drug-likeness (QED) is 0.534. The van der Waals surface area contributed by atoms with Gasteiger partial charge in [-0.3, -0.25) is 24.5 Å². The Hall–Kier alpha value is -3.70. The van der Waals surface area contributed by atoms with Gasteiger partial charge in [0.15, 0.2) is 0 Å². The number of anilines is 2. The highest BCUT2D eigenvalue weighted by Crippen LogP contribution is 2.16. The zero-order chi connectivity index (χ0) is 17.9. The fourth-order valence-electron chi connectivity index (χ4n) is 1.62. The summed E-state index contributed by atoms with van der Waals surface area (Å²) in [5.74, 6) is -7.05. The van der Waals surface area contributed by atoms with Crippen molar-refractivity contribution in [3.05, 3.63) is 18.0 Å². The van der Waals surface area contributed by atoms with Crippen molar-refractivity contribution in [1.29, 1.82) is 0 Å². The SMILES string of the molecule is O=C(O)CCC(=O)Nc1nc(C(=O)O)nc(N2C(=O)C=CC2=O)n1. The monoisotopic (exact) mass is 335 g/mol. The Morgan fingerprint density at radius 2 is 1.62 bits per heavy atom. The van der Waals surface area contributed by atoms with Crippen LogP contribution in [0.4, 0.5) is 11.9 Å². The van der Waals surface area contributed by atoms with Crippen LogP contribution in [0, 0.1) is 0 Å². The fourth-order valence-corrected chi connectivity index (χ4v) is 1.62. The molecular formula is C12H9N5O7. The van der Waals surface area contributed by atoms with Gasteiger partial charge < -0.3 is 10.2 Å². The van der Waals surface area contributed by atoms with Crippen LogP contribution >= 0.6 is 0 Å². The van der Waals surface area contributed by atoms with Crippen molar-refractivity contribution in [1.82, 2.24) is 15.0 Å². The first-order valence-electron chi connectivity index (χ1n) is 6.35. The molecular weight excluding hydrogens is 326 g/mol. The number of carboxylic acid groups (broad SMARTS) is 2. The molecule has 0 spiro atoms. The van der Waals surface area contributed by atoms with Crippen molar-refractivity contribution in [2.75, 3.05) is 10.2 Å². The minimum atomic E-state index is -1.58. The van der Waals surface area contributed by atoms with Crippen molar-refractivity contribution in [2.24, 2.45) is 0 Å². The first-order valence-corrected chi connectivity index (χ1v) is 6.35. The number of hydrogen-bond acceptors (Lipinski definition) is 8. The van der Waals surface area contributed by atoms with Crippen LogP contribution in [-0.4, -0.2) is 54.8 Å². The lowest BCUT2D eigenvalue weighted by Crippen LogP contribution is -2.32. The molecule has 0 fully saturated rings. The molecule has 0 saturated heterocycles. The Kier molecular flexibility index (Phi) is 4.58. The van der Waals surface area contributed by atoms with E-state index in [1.165, 1.54) is 0 Å². The molecule has 1 aliphatic rings. The number of nitrogens with zero attached hydrogens (tertiary/aromatic N) is 4. The summed E-state index contributed by atoms with van der Waals surface area (Å²) in [4.78, 5) is 67.3. The van der Waals surface area contributed by atoms with Crippen molar-refractivity contribution in [3.63, 3.8) is 0 Å². The summed E-state index contributed by atoms with van der Waals surface area (Å²) in [6.45, 7) is 0. The second kappa shape index (κ2) is 6.60. The summed E-state index contributed by atoms with van der Waals surface area (Å²) < 4.78 is 0. The summed E-state index contributed by atoms with van der Waals surface area (Å²) in [6.07, 6.45) is 1.03. The number of carbonyl (C=O) groups is 5. The summed E-state index contributed by atoms with van der Waals surface area (Å²) in [5.41, 5.74) is 0. The van der Waals surface area contributed by atoms with E-state index >= 15 is 0 Å². The Balaban J connectivity index is 2.30. The fraction of sp³-hybridized carbons (Fsp3) is 0.167. The molecule has 0 saturated carbocycles. The molecule has 12 heteroatoms. The van der Waals surface area contributed by atoms with E-state index in [1.807, 2.05) is 0 Å². The van der Waals surface area contributed by atoms with Gasteiger partial charge in [-0.15, -0.1) is 0 Å². The topological polar surface area (TPSA) is 180 Å². The summed E-state index contributed by atoms with van der Waals surface area (Å²) in [7, 11) is 0. The van der Waals surface area contributed by atoms with Crippen molar-refractivity contribution < 1.29 is 34.2 Å². The van der Waals surface area contributed by atoms with E-state index in [9.17, 15) is 24.0 Å². The summed E-state index contributed by atoms with van der Waals surface area (Å²) in [6, 6.07) is 0. The number of nitrogens with one attached hydrogen (secondary N) is 1. The van der Waals surface area contributed by atoms with Crippen molar-refractivity contribution >= 4 is 41.6 Å². The highest BCUT2D eigenvalue weighted by Gasteiger charge is 2.29. The normalized spacial score (nSPS) is 13.2. The number of carboxylic acids is 2. The highest BCUT2D eigenvalue weighted by molar-refractivity contribution is 6.27. The first kappa shape index (κ1) is 16.7. The molecule has 0 unspecified atom stereocenters. The lowest BCUT2D eigenvalue weighted by molar-refractivity contribution is -0.138. The third kappa shape index (κ3) is 3.73. The smallest absolute Gasteiger partial charge is 0.374 e. The molecule has 1 aromatic heterocycles. The standard InChI is InChI=1S/C12H9N5O7/c18-5(1-4-8(21)22)13-11-14-9(10(23)24)15-12(16-11)17-6(19)2-3-7(17)20/h2-3H,1,4H2,(H,21,22)(H,23,24)(H,13,14,15,16,18). The molecule has 3 amide bonds. The summed E-state index contributed by atoms with van der Waals surface area (Å²) in [5, 5.41) is 19.6. The number of rotatable bonds is 6. The molecule has 2 heterocycles. The third-order valence-electron chi connectivity index (χ3n) is 2.64. The number of carbonyl (C=O) groups excluding carboxylic acids is 3. The van der Waals surface area contributed by atoms with E-state index in [4.69, 9.17) is 10.2 Å². The van der Waals surface area contributed by atoms with E-state index < -0.39 is 60.2 Å². The zero-order valence-electron chi connectivity index (χ0n) is 11.8. The third-order valence-corrected chi connectivity index (χ3v) is 2.64.